The van der Waals surface area contributed by atoms with Gasteiger partial charge in [0.1, 0.15) is 0 Å². The van der Waals surface area contributed by atoms with Crippen LogP contribution < -0.4 is 5.32 Å². The highest BCUT2D eigenvalue weighted by Gasteiger charge is 2.34. The van der Waals surface area contributed by atoms with Crippen LogP contribution in [0.3, 0.4) is 0 Å². The van der Waals surface area contributed by atoms with Crippen LogP contribution in [0.25, 0.3) is 0 Å². The van der Waals surface area contributed by atoms with Gasteiger partial charge < -0.3 is 10.1 Å². The first-order valence-electron chi connectivity index (χ1n) is 6.61. The fourth-order valence-electron chi connectivity index (χ4n) is 2.93. The third-order valence-corrected chi connectivity index (χ3v) is 3.65. The van der Waals surface area contributed by atoms with Gasteiger partial charge in [0, 0.05) is 25.2 Å². The Morgan fingerprint density at radius 3 is 2.81 bits per heavy atom. The molecule has 2 heterocycles. The van der Waals surface area contributed by atoms with E-state index in [-0.39, 0.29) is 5.60 Å². The first-order chi connectivity index (χ1) is 7.46. The van der Waals surface area contributed by atoms with Crippen molar-refractivity contribution < 1.29 is 4.74 Å². The Hall–Kier alpha value is -0.120. The molecular formula is C13H26N2O. The number of nitrogens with one attached hydrogen (secondary N) is 1. The summed E-state index contributed by atoms with van der Waals surface area (Å²) in [5.41, 5.74) is -0.0387. The van der Waals surface area contributed by atoms with Gasteiger partial charge in [-0.05, 0) is 47.1 Å². The molecule has 16 heavy (non-hydrogen) atoms. The second kappa shape index (κ2) is 4.63. The molecule has 3 heteroatoms. The SMILES string of the molecule is C[C@H](OC(C)(C)C)[C@@H]1CN2CCC[C@@H]2CN1. The van der Waals surface area contributed by atoms with Crippen LogP contribution in [0.1, 0.15) is 40.5 Å². The Labute approximate surface area is 99.5 Å². The molecule has 0 unspecified atom stereocenters. The standard InChI is InChI=1S/C13H26N2O/c1-10(16-13(2,3)4)12-9-15-7-5-6-11(15)8-14-12/h10-12,14H,5-9H2,1-4H3/t10-,11+,12-/m0/s1. The van der Waals surface area contributed by atoms with E-state index in [0.717, 1.165) is 19.1 Å². The molecule has 2 saturated heterocycles. The van der Waals surface area contributed by atoms with Crippen molar-refractivity contribution in [2.45, 2.75) is 64.3 Å². The van der Waals surface area contributed by atoms with Gasteiger partial charge in [-0.15, -0.1) is 0 Å². The fraction of sp³-hybridized carbons (Fsp3) is 1.00. The second-order valence-electron chi connectivity index (χ2n) is 6.24. The quantitative estimate of drug-likeness (QED) is 0.774. The third-order valence-electron chi connectivity index (χ3n) is 3.65. The highest BCUT2D eigenvalue weighted by Crippen LogP contribution is 2.22. The molecule has 0 saturated carbocycles. The Morgan fingerprint density at radius 2 is 2.12 bits per heavy atom. The summed E-state index contributed by atoms with van der Waals surface area (Å²) >= 11 is 0. The van der Waals surface area contributed by atoms with Crippen LogP contribution in [-0.4, -0.2) is 48.3 Å². The van der Waals surface area contributed by atoms with Gasteiger partial charge in [0.25, 0.3) is 0 Å². The van der Waals surface area contributed by atoms with E-state index in [4.69, 9.17) is 4.74 Å². The minimum atomic E-state index is -0.0387. The zero-order valence-electron chi connectivity index (χ0n) is 11.1. The van der Waals surface area contributed by atoms with Crippen molar-refractivity contribution in [2.24, 2.45) is 0 Å². The van der Waals surface area contributed by atoms with E-state index >= 15 is 0 Å². The van der Waals surface area contributed by atoms with Crippen LogP contribution in [-0.2, 0) is 4.74 Å². The summed E-state index contributed by atoms with van der Waals surface area (Å²) in [6, 6.07) is 1.28. The first-order valence-corrected chi connectivity index (χ1v) is 6.61. The van der Waals surface area contributed by atoms with E-state index in [9.17, 15) is 0 Å². The van der Waals surface area contributed by atoms with Gasteiger partial charge in [0.2, 0.25) is 0 Å². The second-order valence-corrected chi connectivity index (χ2v) is 6.24. The minimum absolute atomic E-state index is 0.0387. The lowest BCUT2D eigenvalue weighted by atomic mass is 10.1. The minimum Gasteiger partial charge on any atom is -0.371 e. The van der Waals surface area contributed by atoms with Crippen LogP contribution in [0.4, 0.5) is 0 Å². The Kier molecular flexibility index (Phi) is 3.57. The lowest BCUT2D eigenvalue weighted by Gasteiger charge is -2.40. The molecular weight excluding hydrogens is 200 g/mol. The summed E-state index contributed by atoms with van der Waals surface area (Å²) in [6.45, 7) is 12.2. The van der Waals surface area contributed by atoms with Crippen LogP contribution >= 0.6 is 0 Å². The maximum absolute atomic E-state index is 6.04. The molecule has 0 aromatic rings. The molecule has 0 amide bonds. The molecule has 0 aliphatic carbocycles. The molecule has 0 aromatic heterocycles. The fourth-order valence-corrected chi connectivity index (χ4v) is 2.93. The summed E-state index contributed by atoms with van der Waals surface area (Å²) < 4.78 is 6.04. The molecule has 2 aliphatic rings. The number of hydrogen-bond acceptors (Lipinski definition) is 3. The predicted octanol–water partition coefficient (Wildman–Crippen LogP) is 1.63. The smallest absolute Gasteiger partial charge is 0.0719 e. The monoisotopic (exact) mass is 226 g/mol. The summed E-state index contributed by atoms with van der Waals surface area (Å²) in [4.78, 5) is 2.63. The maximum atomic E-state index is 6.04. The highest BCUT2D eigenvalue weighted by molar-refractivity contribution is 4.92. The van der Waals surface area contributed by atoms with Crippen LogP contribution in [0.5, 0.6) is 0 Å². The number of piperazine rings is 1. The van der Waals surface area contributed by atoms with Gasteiger partial charge in [-0.25, -0.2) is 0 Å². The van der Waals surface area contributed by atoms with Gasteiger partial charge in [0.05, 0.1) is 11.7 Å². The topological polar surface area (TPSA) is 24.5 Å². The third kappa shape index (κ3) is 2.96. The van der Waals surface area contributed by atoms with Crippen LogP contribution in [0, 0.1) is 0 Å². The van der Waals surface area contributed by atoms with Crippen molar-refractivity contribution >= 4 is 0 Å². The molecule has 0 radical (unpaired) electrons. The zero-order valence-corrected chi connectivity index (χ0v) is 11.1. The Bertz CT molecular complexity index is 237. The van der Waals surface area contributed by atoms with Crippen molar-refractivity contribution in [3.8, 4) is 0 Å². The van der Waals surface area contributed by atoms with E-state index in [0.29, 0.717) is 12.1 Å². The van der Waals surface area contributed by atoms with Gasteiger partial charge in [-0.2, -0.15) is 0 Å². The van der Waals surface area contributed by atoms with Gasteiger partial charge >= 0.3 is 0 Å². The number of fused-ring (bicyclic) bond motifs is 1. The molecule has 0 aromatic carbocycles. The normalized spacial score (nSPS) is 33.8. The van der Waals surface area contributed by atoms with Gasteiger partial charge in [-0.3, -0.25) is 4.90 Å². The van der Waals surface area contributed by atoms with E-state index < -0.39 is 0 Å². The van der Waals surface area contributed by atoms with Crippen molar-refractivity contribution in [1.29, 1.82) is 0 Å². The maximum Gasteiger partial charge on any atom is 0.0719 e. The van der Waals surface area contributed by atoms with Crippen LogP contribution in [0.15, 0.2) is 0 Å². The molecule has 3 nitrogen and oxygen atoms in total. The predicted molar refractivity (Wildman–Crippen MR) is 66.7 cm³/mol. The highest BCUT2D eigenvalue weighted by atomic mass is 16.5. The largest absolute Gasteiger partial charge is 0.371 e. The van der Waals surface area contributed by atoms with Crippen molar-refractivity contribution in [2.75, 3.05) is 19.6 Å². The summed E-state index contributed by atoms with van der Waals surface area (Å²) in [5, 5.41) is 3.65. The molecule has 2 rings (SSSR count). The molecule has 3 atom stereocenters. The van der Waals surface area contributed by atoms with E-state index in [1.54, 1.807) is 0 Å². The molecule has 0 bridgehead atoms. The average Bonchev–Trinajstić information content (AvgIpc) is 2.61. The van der Waals surface area contributed by atoms with Crippen molar-refractivity contribution in [3.63, 3.8) is 0 Å². The first kappa shape index (κ1) is 12.3. The summed E-state index contributed by atoms with van der Waals surface area (Å²) in [7, 11) is 0. The molecule has 94 valence electrons. The molecule has 2 fully saturated rings. The molecule has 2 aliphatic heterocycles. The average molecular weight is 226 g/mol. The Morgan fingerprint density at radius 1 is 1.38 bits per heavy atom. The van der Waals surface area contributed by atoms with Crippen LogP contribution in [0.2, 0.25) is 0 Å². The number of rotatable bonds is 2. The zero-order chi connectivity index (χ0) is 11.8. The summed E-state index contributed by atoms with van der Waals surface area (Å²) in [6.07, 6.45) is 3.03. The van der Waals surface area contributed by atoms with Gasteiger partial charge in [0.15, 0.2) is 0 Å². The van der Waals surface area contributed by atoms with E-state index in [1.807, 2.05) is 0 Å². The lowest BCUT2D eigenvalue weighted by Crippen LogP contribution is -2.58. The van der Waals surface area contributed by atoms with Crippen molar-refractivity contribution in [3.05, 3.63) is 0 Å². The molecule has 1 N–H and O–H groups in total. The van der Waals surface area contributed by atoms with E-state index in [2.05, 4.69) is 37.9 Å². The molecule has 0 spiro atoms. The Balaban J connectivity index is 1.86. The summed E-state index contributed by atoms with van der Waals surface area (Å²) in [5.74, 6) is 0. The lowest BCUT2D eigenvalue weighted by molar-refractivity contribution is -0.0755. The van der Waals surface area contributed by atoms with Crippen molar-refractivity contribution in [1.82, 2.24) is 10.2 Å². The van der Waals surface area contributed by atoms with Gasteiger partial charge in [-0.1, -0.05) is 0 Å². The van der Waals surface area contributed by atoms with E-state index in [1.165, 1.54) is 19.4 Å². The number of ether oxygens (including phenoxy) is 1. The number of hydrogen-bond donors (Lipinski definition) is 1. The number of nitrogens with zero attached hydrogens (tertiary/aromatic N) is 1.